The average Bonchev–Trinajstić information content (AvgIpc) is 2.70. The number of amides is 1. The minimum Gasteiger partial charge on any atom is -0.438 e. The summed E-state index contributed by atoms with van der Waals surface area (Å²) in [6, 6.07) is 3.97. The average molecular weight is 260 g/mol. The topological polar surface area (TPSA) is 29.5 Å². The molecule has 1 saturated heterocycles. The van der Waals surface area contributed by atoms with Crippen LogP contribution >= 0.6 is 22.9 Å². The molecule has 1 aliphatic heterocycles. The highest BCUT2D eigenvalue weighted by atomic mass is 35.5. The summed E-state index contributed by atoms with van der Waals surface area (Å²) in [7, 11) is 0. The Labute approximate surface area is 104 Å². The normalized spacial score (nSPS) is 25.3. The Morgan fingerprint density at radius 3 is 2.62 bits per heavy atom. The van der Waals surface area contributed by atoms with Crippen LogP contribution in [0.4, 0.5) is 4.79 Å². The summed E-state index contributed by atoms with van der Waals surface area (Å²) in [6.45, 7) is 5.98. The van der Waals surface area contributed by atoms with Gasteiger partial charge >= 0.3 is 6.09 Å². The smallest absolute Gasteiger partial charge is 0.411 e. The predicted molar refractivity (Wildman–Crippen MR) is 65.0 cm³/mol. The van der Waals surface area contributed by atoms with Gasteiger partial charge in [0.15, 0.2) is 6.10 Å². The molecule has 0 aromatic carbocycles. The van der Waals surface area contributed by atoms with Crippen molar-refractivity contribution >= 4 is 29.0 Å². The molecule has 5 heteroatoms. The molecule has 1 fully saturated rings. The number of cyclic esters (lactones) is 1. The molecular weight excluding hydrogens is 246 g/mol. The van der Waals surface area contributed by atoms with Crippen molar-refractivity contribution in [1.82, 2.24) is 4.90 Å². The van der Waals surface area contributed by atoms with Gasteiger partial charge in [0, 0.05) is 10.9 Å². The van der Waals surface area contributed by atoms with Crippen LogP contribution in [0.25, 0.3) is 0 Å². The van der Waals surface area contributed by atoms with Crippen molar-refractivity contribution in [2.75, 3.05) is 0 Å². The fourth-order valence-corrected chi connectivity index (χ4v) is 3.23. The number of nitrogens with zero attached hydrogens (tertiary/aromatic N) is 1. The van der Waals surface area contributed by atoms with E-state index in [-0.39, 0.29) is 24.3 Å². The van der Waals surface area contributed by atoms with Gasteiger partial charge < -0.3 is 4.74 Å². The zero-order valence-corrected chi connectivity index (χ0v) is 11.0. The summed E-state index contributed by atoms with van der Waals surface area (Å²) in [5, 5.41) is 0. The highest BCUT2D eigenvalue weighted by Crippen LogP contribution is 2.37. The lowest BCUT2D eigenvalue weighted by Crippen LogP contribution is -2.37. The zero-order valence-electron chi connectivity index (χ0n) is 9.44. The number of hydrogen-bond donors (Lipinski definition) is 0. The van der Waals surface area contributed by atoms with Crippen LogP contribution in [0, 0.1) is 0 Å². The Morgan fingerprint density at radius 2 is 2.19 bits per heavy atom. The molecular formula is C11H14ClNO2S. The van der Waals surface area contributed by atoms with Crippen molar-refractivity contribution in [3.8, 4) is 0 Å². The summed E-state index contributed by atoms with van der Waals surface area (Å²) in [5.41, 5.74) is 0. The predicted octanol–water partition coefficient (Wildman–Crippen LogP) is 3.69. The number of thiophene rings is 1. The van der Waals surface area contributed by atoms with Crippen LogP contribution < -0.4 is 0 Å². The molecule has 88 valence electrons. The maximum absolute atomic E-state index is 11.7. The molecule has 0 saturated carbocycles. The largest absolute Gasteiger partial charge is 0.438 e. The fourth-order valence-electron chi connectivity index (χ4n) is 2.04. The minimum absolute atomic E-state index is 0.0576. The van der Waals surface area contributed by atoms with Gasteiger partial charge in [0.1, 0.15) is 0 Å². The van der Waals surface area contributed by atoms with Gasteiger partial charge in [-0.3, -0.25) is 4.90 Å². The van der Waals surface area contributed by atoms with Crippen molar-refractivity contribution in [3.05, 3.63) is 21.3 Å². The fraction of sp³-hybridized carbons (Fsp3) is 0.545. The maximum Gasteiger partial charge on any atom is 0.411 e. The first-order valence-corrected chi connectivity index (χ1v) is 6.44. The number of ether oxygens (including phenoxy) is 1. The Hall–Kier alpha value is -0.740. The third-order valence-electron chi connectivity index (χ3n) is 2.75. The first-order chi connectivity index (χ1) is 7.50. The Bertz CT molecular complexity index is 404. The molecule has 0 N–H and O–H groups in total. The monoisotopic (exact) mass is 259 g/mol. The third-order valence-corrected chi connectivity index (χ3v) is 4.04. The van der Waals surface area contributed by atoms with Crippen LogP contribution in [0.3, 0.4) is 0 Å². The Kier molecular flexibility index (Phi) is 3.13. The van der Waals surface area contributed by atoms with Crippen LogP contribution in [-0.4, -0.2) is 23.1 Å². The van der Waals surface area contributed by atoms with Gasteiger partial charge in [-0.2, -0.15) is 0 Å². The molecule has 1 amide bonds. The van der Waals surface area contributed by atoms with Crippen molar-refractivity contribution in [1.29, 1.82) is 0 Å². The van der Waals surface area contributed by atoms with Crippen LogP contribution in [0.2, 0.25) is 4.34 Å². The lowest BCUT2D eigenvalue weighted by Gasteiger charge is -2.23. The summed E-state index contributed by atoms with van der Waals surface area (Å²) in [6.07, 6.45) is -0.426. The van der Waals surface area contributed by atoms with E-state index in [0.717, 1.165) is 9.21 Å². The number of rotatable bonds is 2. The summed E-state index contributed by atoms with van der Waals surface area (Å²) >= 11 is 7.35. The van der Waals surface area contributed by atoms with Gasteiger partial charge in [0.25, 0.3) is 0 Å². The van der Waals surface area contributed by atoms with Crippen molar-refractivity contribution in [2.24, 2.45) is 0 Å². The molecule has 0 radical (unpaired) electrons. The van der Waals surface area contributed by atoms with Crippen molar-refractivity contribution in [2.45, 2.75) is 39.0 Å². The van der Waals surface area contributed by atoms with Crippen LogP contribution in [0.15, 0.2) is 12.1 Å². The molecule has 0 spiro atoms. The van der Waals surface area contributed by atoms with E-state index in [0.29, 0.717) is 0 Å². The zero-order chi connectivity index (χ0) is 11.9. The molecule has 0 bridgehead atoms. The molecule has 2 rings (SSSR count). The second kappa shape index (κ2) is 4.26. The van der Waals surface area contributed by atoms with E-state index >= 15 is 0 Å². The maximum atomic E-state index is 11.7. The van der Waals surface area contributed by atoms with Gasteiger partial charge in [-0.25, -0.2) is 4.79 Å². The molecule has 0 aliphatic carbocycles. The van der Waals surface area contributed by atoms with E-state index in [9.17, 15) is 4.79 Å². The van der Waals surface area contributed by atoms with E-state index < -0.39 is 0 Å². The van der Waals surface area contributed by atoms with Crippen LogP contribution in [0.5, 0.6) is 0 Å². The van der Waals surface area contributed by atoms with E-state index in [2.05, 4.69) is 0 Å². The highest BCUT2D eigenvalue weighted by molar-refractivity contribution is 7.16. The van der Waals surface area contributed by atoms with E-state index in [1.165, 1.54) is 11.3 Å². The lowest BCUT2D eigenvalue weighted by atomic mass is 10.1. The first kappa shape index (κ1) is 11.7. The van der Waals surface area contributed by atoms with Gasteiger partial charge in [0.2, 0.25) is 0 Å². The second-order valence-electron chi connectivity index (χ2n) is 4.19. The molecule has 1 aromatic heterocycles. The first-order valence-electron chi connectivity index (χ1n) is 5.25. The summed E-state index contributed by atoms with van der Waals surface area (Å²) in [4.78, 5) is 14.5. The van der Waals surface area contributed by atoms with Gasteiger partial charge in [0.05, 0.1) is 10.4 Å². The van der Waals surface area contributed by atoms with Gasteiger partial charge in [-0.15, -0.1) is 11.3 Å². The number of hydrogen-bond acceptors (Lipinski definition) is 3. The van der Waals surface area contributed by atoms with E-state index in [1.54, 1.807) is 4.90 Å². The number of halogens is 1. The lowest BCUT2D eigenvalue weighted by molar-refractivity contribution is 0.130. The Balaban J connectivity index is 2.23. The van der Waals surface area contributed by atoms with Crippen molar-refractivity contribution in [3.63, 3.8) is 0 Å². The van der Waals surface area contributed by atoms with Gasteiger partial charge in [-0.1, -0.05) is 11.6 Å². The minimum atomic E-state index is -0.239. The molecule has 1 aliphatic rings. The Morgan fingerprint density at radius 1 is 1.50 bits per heavy atom. The molecule has 16 heavy (non-hydrogen) atoms. The SMILES string of the molecule is CC(C)N1C(=O)O[C@H](c2ccc(Cl)s2)[C@@H]1C. The number of carbonyl (C=O) groups excluding carboxylic acids is 1. The van der Waals surface area contributed by atoms with Crippen LogP contribution in [0.1, 0.15) is 31.8 Å². The molecule has 2 atom stereocenters. The van der Waals surface area contributed by atoms with Crippen molar-refractivity contribution < 1.29 is 9.53 Å². The van der Waals surface area contributed by atoms with E-state index in [4.69, 9.17) is 16.3 Å². The molecule has 0 unspecified atom stereocenters. The highest BCUT2D eigenvalue weighted by Gasteiger charge is 2.41. The second-order valence-corrected chi connectivity index (χ2v) is 5.93. The van der Waals surface area contributed by atoms with Gasteiger partial charge in [-0.05, 0) is 32.9 Å². The quantitative estimate of drug-likeness (QED) is 0.811. The summed E-state index contributed by atoms with van der Waals surface area (Å²) < 4.78 is 6.11. The molecule has 1 aromatic rings. The van der Waals surface area contributed by atoms with Crippen LogP contribution in [-0.2, 0) is 4.74 Å². The van der Waals surface area contributed by atoms with E-state index in [1.807, 2.05) is 32.9 Å². The standard InChI is InChI=1S/C11H14ClNO2S/c1-6(2)13-7(3)10(15-11(13)14)8-4-5-9(12)16-8/h4-7,10H,1-3H3/t7-,10-/m0/s1. The summed E-state index contributed by atoms with van der Waals surface area (Å²) in [5.74, 6) is 0. The number of carbonyl (C=O) groups is 1. The molecule has 2 heterocycles. The third kappa shape index (κ3) is 1.92. The molecule has 3 nitrogen and oxygen atoms in total.